The Balaban J connectivity index is 1.47. The van der Waals surface area contributed by atoms with Gasteiger partial charge < -0.3 is 19.9 Å². The van der Waals surface area contributed by atoms with Crippen molar-refractivity contribution in [3.63, 3.8) is 0 Å². The zero-order valence-electron chi connectivity index (χ0n) is 16.2. The predicted molar refractivity (Wildman–Crippen MR) is 105 cm³/mol. The van der Waals surface area contributed by atoms with Crippen molar-refractivity contribution in [3.05, 3.63) is 59.7 Å². The van der Waals surface area contributed by atoms with Gasteiger partial charge in [-0.3, -0.25) is 9.59 Å². The molecule has 3 heterocycles. The summed E-state index contributed by atoms with van der Waals surface area (Å²) in [5, 5.41) is 3.78. The van der Waals surface area contributed by atoms with Crippen molar-refractivity contribution >= 4 is 22.8 Å². The molecule has 8 heteroatoms. The Bertz CT molecular complexity index is 1100. The van der Waals surface area contributed by atoms with E-state index in [4.69, 9.17) is 4.74 Å². The minimum atomic E-state index is -0.582. The molecule has 1 aromatic carbocycles. The van der Waals surface area contributed by atoms with Gasteiger partial charge in [-0.2, -0.15) is 0 Å². The van der Waals surface area contributed by atoms with Crippen LogP contribution in [-0.2, 0) is 0 Å². The maximum absolute atomic E-state index is 13.9. The van der Waals surface area contributed by atoms with E-state index in [0.29, 0.717) is 30.7 Å². The van der Waals surface area contributed by atoms with Gasteiger partial charge in [-0.1, -0.05) is 0 Å². The molecule has 1 fully saturated rings. The van der Waals surface area contributed by atoms with Crippen LogP contribution in [0.4, 0.5) is 4.39 Å². The number of hydrogen-bond acceptors (Lipinski definition) is 4. The number of halogens is 1. The zero-order chi connectivity index (χ0) is 20.6. The fraction of sp³-hybridized carbons (Fsp3) is 0.286. The molecule has 0 bridgehead atoms. The van der Waals surface area contributed by atoms with E-state index in [9.17, 15) is 14.0 Å². The highest BCUT2D eigenvalue weighted by Crippen LogP contribution is 2.26. The summed E-state index contributed by atoms with van der Waals surface area (Å²) < 4.78 is 18.8. The number of carbonyl (C=O) groups excluding carboxylic acids is 2. The van der Waals surface area contributed by atoms with E-state index in [1.807, 2.05) is 13.0 Å². The fourth-order valence-corrected chi connectivity index (χ4v) is 3.70. The summed E-state index contributed by atoms with van der Waals surface area (Å²) in [4.78, 5) is 34.4. The van der Waals surface area contributed by atoms with Gasteiger partial charge in [0.2, 0.25) is 0 Å². The minimum Gasteiger partial charge on any atom is -0.494 e. The highest BCUT2D eigenvalue weighted by Gasteiger charge is 2.38. The number of aromatic amines is 1. The van der Waals surface area contributed by atoms with Gasteiger partial charge in [-0.25, -0.2) is 9.37 Å². The molecule has 0 radical (unpaired) electrons. The summed E-state index contributed by atoms with van der Waals surface area (Å²) in [6.45, 7) is 2.71. The number of methoxy groups -OCH3 is 1. The molecule has 150 valence electrons. The van der Waals surface area contributed by atoms with Crippen molar-refractivity contribution in [3.8, 4) is 5.75 Å². The molecule has 4 rings (SSSR count). The first-order chi connectivity index (χ1) is 13.9. The van der Waals surface area contributed by atoms with Gasteiger partial charge in [0.1, 0.15) is 5.65 Å². The summed E-state index contributed by atoms with van der Waals surface area (Å²) in [7, 11) is 1.37. The van der Waals surface area contributed by atoms with Gasteiger partial charge in [0.05, 0.1) is 18.2 Å². The van der Waals surface area contributed by atoms with Crippen molar-refractivity contribution in [2.75, 3.05) is 20.2 Å². The molecule has 0 spiro atoms. The van der Waals surface area contributed by atoms with Crippen LogP contribution in [0.1, 0.15) is 34.1 Å². The molecule has 2 aromatic heterocycles. The second-order valence-corrected chi connectivity index (χ2v) is 7.44. The Kier molecular flexibility index (Phi) is 4.70. The van der Waals surface area contributed by atoms with E-state index < -0.39 is 11.4 Å². The molecule has 1 aliphatic rings. The van der Waals surface area contributed by atoms with Crippen molar-refractivity contribution in [2.45, 2.75) is 18.9 Å². The molecule has 2 amide bonds. The van der Waals surface area contributed by atoms with E-state index in [-0.39, 0.29) is 23.1 Å². The van der Waals surface area contributed by atoms with Gasteiger partial charge in [-0.05, 0) is 43.7 Å². The van der Waals surface area contributed by atoms with E-state index in [2.05, 4.69) is 15.3 Å². The number of ether oxygens (including phenoxy) is 1. The molecule has 2 N–H and O–H groups in total. The summed E-state index contributed by atoms with van der Waals surface area (Å²) in [5.74, 6) is -0.993. The molecular formula is C21H21FN4O3. The molecule has 0 aliphatic carbocycles. The fourth-order valence-electron chi connectivity index (χ4n) is 3.70. The van der Waals surface area contributed by atoms with E-state index in [1.54, 1.807) is 23.4 Å². The van der Waals surface area contributed by atoms with E-state index in [1.165, 1.54) is 25.3 Å². The molecular weight excluding hydrogens is 375 g/mol. The van der Waals surface area contributed by atoms with Crippen LogP contribution in [0.5, 0.6) is 5.75 Å². The Morgan fingerprint density at radius 3 is 2.93 bits per heavy atom. The number of nitrogens with one attached hydrogen (secondary N) is 2. The lowest BCUT2D eigenvalue weighted by molar-refractivity contribution is 0.0768. The van der Waals surface area contributed by atoms with Crippen molar-refractivity contribution in [1.82, 2.24) is 20.2 Å². The molecule has 0 saturated carbocycles. The van der Waals surface area contributed by atoms with Gasteiger partial charge in [0.25, 0.3) is 11.8 Å². The Morgan fingerprint density at radius 2 is 2.17 bits per heavy atom. The topological polar surface area (TPSA) is 87.3 Å². The second-order valence-electron chi connectivity index (χ2n) is 7.44. The predicted octanol–water partition coefficient (Wildman–Crippen LogP) is 2.75. The molecule has 1 saturated heterocycles. The molecule has 7 nitrogen and oxygen atoms in total. The third-order valence-corrected chi connectivity index (χ3v) is 5.27. The normalized spacial score (nSPS) is 18.8. The van der Waals surface area contributed by atoms with Crippen LogP contribution in [0, 0.1) is 5.82 Å². The highest BCUT2D eigenvalue weighted by molar-refractivity contribution is 6.06. The Morgan fingerprint density at radius 1 is 1.34 bits per heavy atom. The average Bonchev–Trinajstić information content (AvgIpc) is 3.31. The van der Waals surface area contributed by atoms with Crippen LogP contribution in [0.25, 0.3) is 11.0 Å². The number of aromatic nitrogens is 2. The minimum absolute atomic E-state index is 0.0910. The molecule has 3 aromatic rings. The number of benzene rings is 1. The van der Waals surface area contributed by atoms with Crippen molar-refractivity contribution < 1.29 is 18.7 Å². The number of H-pyrrole nitrogens is 1. The molecule has 1 atom stereocenters. The maximum Gasteiger partial charge on any atom is 0.254 e. The van der Waals surface area contributed by atoms with Gasteiger partial charge in [0, 0.05) is 36.4 Å². The van der Waals surface area contributed by atoms with E-state index in [0.717, 1.165) is 5.39 Å². The summed E-state index contributed by atoms with van der Waals surface area (Å²) in [5.41, 5.74) is 0.828. The number of likely N-dealkylation sites (tertiary alicyclic amines) is 1. The van der Waals surface area contributed by atoms with Crippen LogP contribution in [-0.4, -0.2) is 52.4 Å². The first-order valence-corrected chi connectivity index (χ1v) is 9.28. The third-order valence-electron chi connectivity index (χ3n) is 5.27. The SMILES string of the molecule is COc1ccc(C(=O)N2CCC(C)(NC(=O)c3c[nH]c4ncccc34)C2)cc1F. The summed E-state index contributed by atoms with van der Waals surface area (Å²) >= 11 is 0. The van der Waals surface area contributed by atoms with E-state index >= 15 is 0 Å². The Labute approximate surface area is 166 Å². The number of hydrogen-bond donors (Lipinski definition) is 2. The number of nitrogens with zero attached hydrogens (tertiary/aromatic N) is 2. The van der Waals surface area contributed by atoms with Crippen LogP contribution in [0.3, 0.4) is 0 Å². The third kappa shape index (κ3) is 3.53. The number of fused-ring (bicyclic) bond motifs is 1. The smallest absolute Gasteiger partial charge is 0.254 e. The van der Waals surface area contributed by atoms with Crippen LogP contribution >= 0.6 is 0 Å². The van der Waals surface area contributed by atoms with Gasteiger partial charge >= 0.3 is 0 Å². The first-order valence-electron chi connectivity index (χ1n) is 9.28. The monoisotopic (exact) mass is 396 g/mol. The first kappa shape index (κ1) is 18.9. The number of rotatable bonds is 4. The van der Waals surface area contributed by atoms with Crippen molar-refractivity contribution in [1.29, 1.82) is 0 Å². The lowest BCUT2D eigenvalue weighted by atomic mass is 10.0. The van der Waals surface area contributed by atoms with Gasteiger partial charge in [-0.15, -0.1) is 0 Å². The van der Waals surface area contributed by atoms with Crippen LogP contribution in [0.15, 0.2) is 42.7 Å². The number of carbonyl (C=O) groups is 2. The summed E-state index contributed by atoms with van der Waals surface area (Å²) in [6.07, 6.45) is 3.89. The number of amides is 2. The number of pyridine rings is 1. The van der Waals surface area contributed by atoms with Crippen LogP contribution < -0.4 is 10.1 Å². The quantitative estimate of drug-likeness (QED) is 0.710. The molecule has 29 heavy (non-hydrogen) atoms. The second kappa shape index (κ2) is 7.20. The molecule has 1 aliphatic heterocycles. The lowest BCUT2D eigenvalue weighted by Crippen LogP contribution is -2.48. The maximum atomic E-state index is 13.9. The average molecular weight is 396 g/mol. The summed E-state index contributed by atoms with van der Waals surface area (Å²) in [6, 6.07) is 7.76. The standard InChI is InChI=1S/C21H21FN4O3/c1-21(25-19(27)15-11-24-18-14(15)4-3-8-23-18)7-9-26(12-21)20(28)13-5-6-17(29-2)16(22)10-13/h3-6,8,10-11H,7,9,12H2,1-2H3,(H,23,24)(H,25,27). The van der Waals surface area contributed by atoms with Gasteiger partial charge in [0.15, 0.2) is 11.6 Å². The Hall–Kier alpha value is -3.42. The van der Waals surface area contributed by atoms with Crippen LogP contribution in [0.2, 0.25) is 0 Å². The lowest BCUT2D eigenvalue weighted by Gasteiger charge is -2.26. The van der Waals surface area contributed by atoms with Crippen molar-refractivity contribution in [2.24, 2.45) is 0 Å². The largest absolute Gasteiger partial charge is 0.494 e. The molecule has 1 unspecified atom stereocenters. The highest BCUT2D eigenvalue weighted by atomic mass is 19.1. The zero-order valence-corrected chi connectivity index (χ0v) is 16.2.